The molecule has 2 N–H and O–H groups in total. The number of carbonyl (C=O) groups excluding carboxylic acids is 1. The zero-order valence-corrected chi connectivity index (χ0v) is 13.2. The molecule has 6 nitrogen and oxygen atoms in total. The highest BCUT2D eigenvalue weighted by molar-refractivity contribution is 5.80. The Balaban J connectivity index is 2.90. The molecule has 22 heavy (non-hydrogen) atoms. The van der Waals surface area contributed by atoms with Crippen molar-refractivity contribution in [2.75, 3.05) is 30.9 Å². The molecule has 9 heteroatoms. The molecule has 0 aromatic carbocycles. The molecule has 1 rings (SSSR count). The van der Waals surface area contributed by atoms with E-state index >= 15 is 0 Å². The van der Waals surface area contributed by atoms with E-state index in [0.29, 0.717) is 0 Å². The Kier molecular flexibility index (Phi) is 5.21. The van der Waals surface area contributed by atoms with Gasteiger partial charge in [-0.15, -0.1) is 0 Å². The molecule has 0 aliphatic rings. The molecule has 1 aromatic heterocycles. The Morgan fingerprint density at radius 2 is 1.82 bits per heavy atom. The molecule has 0 radical (unpaired) electrons. The molecule has 0 aliphatic heterocycles. The molecule has 0 atom stereocenters. The monoisotopic (exact) mass is 319 g/mol. The van der Waals surface area contributed by atoms with E-state index in [0.717, 1.165) is 6.07 Å². The number of amides is 1. The van der Waals surface area contributed by atoms with Crippen molar-refractivity contribution in [2.24, 2.45) is 0 Å². The normalized spacial score (nSPS) is 12.0. The minimum absolute atomic E-state index is 0.0982. The van der Waals surface area contributed by atoms with E-state index in [-0.39, 0.29) is 24.2 Å². The Morgan fingerprint density at radius 3 is 2.27 bits per heavy atom. The fourth-order valence-electron chi connectivity index (χ4n) is 1.51. The van der Waals surface area contributed by atoms with Gasteiger partial charge in [0.2, 0.25) is 11.9 Å². The molecule has 0 saturated carbocycles. The highest BCUT2D eigenvalue weighted by atomic mass is 19.4. The average molecular weight is 319 g/mol. The van der Waals surface area contributed by atoms with Crippen molar-refractivity contribution in [1.82, 2.24) is 15.3 Å². The van der Waals surface area contributed by atoms with Gasteiger partial charge < -0.3 is 15.5 Å². The molecule has 1 heterocycles. The summed E-state index contributed by atoms with van der Waals surface area (Å²) >= 11 is 0. The van der Waals surface area contributed by atoms with Gasteiger partial charge in [0.1, 0.15) is 5.82 Å². The molecule has 0 saturated heterocycles. The van der Waals surface area contributed by atoms with Gasteiger partial charge in [-0.05, 0) is 20.8 Å². The van der Waals surface area contributed by atoms with Crippen molar-refractivity contribution in [1.29, 1.82) is 0 Å². The van der Waals surface area contributed by atoms with E-state index in [9.17, 15) is 18.0 Å². The lowest BCUT2D eigenvalue weighted by Crippen LogP contribution is -2.43. The summed E-state index contributed by atoms with van der Waals surface area (Å²) in [6.45, 7) is 5.19. The standard InChI is InChI=1S/C13H20F3N5O/c1-12(2,3)20-10(22)7-17-11-18-8(13(14,15)16)6-9(19-11)21(4)5/h6H,7H2,1-5H3,(H,20,22)(H,17,18,19). The van der Waals surface area contributed by atoms with Crippen LogP contribution in [0, 0.1) is 0 Å². The van der Waals surface area contributed by atoms with E-state index in [4.69, 9.17) is 0 Å². The highest BCUT2D eigenvalue weighted by Gasteiger charge is 2.34. The van der Waals surface area contributed by atoms with Crippen LogP contribution < -0.4 is 15.5 Å². The molecular formula is C13H20F3N5O. The first-order valence-electron chi connectivity index (χ1n) is 6.57. The molecule has 1 amide bonds. The SMILES string of the molecule is CN(C)c1cc(C(F)(F)F)nc(NCC(=O)NC(C)(C)C)n1. The summed E-state index contributed by atoms with van der Waals surface area (Å²) < 4.78 is 38.5. The van der Waals surface area contributed by atoms with Crippen LogP contribution >= 0.6 is 0 Å². The second kappa shape index (κ2) is 6.37. The van der Waals surface area contributed by atoms with Crippen LogP contribution in [0.5, 0.6) is 0 Å². The third kappa shape index (κ3) is 5.74. The first-order chi connectivity index (χ1) is 9.88. The lowest BCUT2D eigenvalue weighted by atomic mass is 10.1. The second-order valence-electron chi connectivity index (χ2n) is 5.98. The van der Waals surface area contributed by atoms with E-state index in [1.807, 2.05) is 0 Å². The fraction of sp³-hybridized carbons (Fsp3) is 0.615. The largest absolute Gasteiger partial charge is 0.433 e. The van der Waals surface area contributed by atoms with Crippen molar-refractivity contribution in [3.63, 3.8) is 0 Å². The maximum absolute atomic E-state index is 12.8. The number of nitrogens with one attached hydrogen (secondary N) is 2. The maximum Gasteiger partial charge on any atom is 0.433 e. The summed E-state index contributed by atoms with van der Waals surface area (Å²) in [5.74, 6) is -0.511. The molecule has 0 bridgehead atoms. The average Bonchev–Trinajstić information content (AvgIpc) is 2.33. The first-order valence-corrected chi connectivity index (χ1v) is 6.57. The van der Waals surface area contributed by atoms with Crippen LogP contribution in [0.25, 0.3) is 0 Å². The van der Waals surface area contributed by atoms with Crippen molar-refractivity contribution >= 4 is 17.7 Å². The van der Waals surface area contributed by atoms with Gasteiger partial charge in [0, 0.05) is 25.7 Å². The van der Waals surface area contributed by atoms with Crippen molar-refractivity contribution in [3.8, 4) is 0 Å². The molecule has 0 spiro atoms. The van der Waals surface area contributed by atoms with Crippen LogP contribution in [0.2, 0.25) is 0 Å². The number of hydrogen-bond acceptors (Lipinski definition) is 5. The number of halogens is 3. The second-order valence-corrected chi connectivity index (χ2v) is 5.98. The van der Waals surface area contributed by atoms with Gasteiger partial charge in [0.05, 0.1) is 6.54 Å². The topological polar surface area (TPSA) is 70.2 Å². The van der Waals surface area contributed by atoms with Gasteiger partial charge in [-0.2, -0.15) is 18.2 Å². The van der Waals surface area contributed by atoms with Gasteiger partial charge >= 0.3 is 6.18 Å². The highest BCUT2D eigenvalue weighted by Crippen LogP contribution is 2.30. The number of anilines is 2. The quantitative estimate of drug-likeness (QED) is 0.887. The van der Waals surface area contributed by atoms with Crippen molar-refractivity contribution < 1.29 is 18.0 Å². The maximum atomic E-state index is 12.8. The lowest BCUT2D eigenvalue weighted by Gasteiger charge is -2.21. The minimum Gasteiger partial charge on any atom is -0.363 e. The number of nitrogens with zero attached hydrogens (tertiary/aromatic N) is 3. The van der Waals surface area contributed by atoms with Gasteiger partial charge in [0.25, 0.3) is 0 Å². The van der Waals surface area contributed by atoms with E-state index in [1.54, 1.807) is 34.9 Å². The Morgan fingerprint density at radius 1 is 1.23 bits per heavy atom. The van der Waals surface area contributed by atoms with Crippen molar-refractivity contribution in [3.05, 3.63) is 11.8 Å². The van der Waals surface area contributed by atoms with Crippen LogP contribution in [0.1, 0.15) is 26.5 Å². The van der Waals surface area contributed by atoms with Crippen molar-refractivity contribution in [2.45, 2.75) is 32.5 Å². The van der Waals surface area contributed by atoms with Gasteiger partial charge in [-0.25, -0.2) is 4.98 Å². The van der Waals surface area contributed by atoms with Crippen LogP contribution in [-0.2, 0) is 11.0 Å². The summed E-state index contributed by atoms with van der Waals surface area (Å²) in [7, 11) is 3.14. The zero-order chi connectivity index (χ0) is 17.1. The molecule has 1 aromatic rings. The molecule has 124 valence electrons. The third-order valence-electron chi connectivity index (χ3n) is 2.38. The van der Waals surface area contributed by atoms with Gasteiger partial charge in [-0.1, -0.05) is 0 Å². The zero-order valence-electron chi connectivity index (χ0n) is 13.2. The number of rotatable bonds is 4. The van der Waals surface area contributed by atoms with Crippen LogP contribution in [0.4, 0.5) is 24.9 Å². The number of carbonyl (C=O) groups is 1. The van der Waals surface area contributed by atoms with Gasteiger partial charge in [0.15, 0.2) is 5.69 Å². The number of alkyl halides is 3. The Hall–Kier alpha value is -2.06. The number of hydrogen-bond donors (Lipinski definition) is 2. The third-order valence-corrected chi connectivity index (χ3v) is 2.38. The van der Waals surface area contributed by atoms with Crippen LogP contribution in [0.3, 0.4) is 0 Å². The smallest absolute Gasteiger partial charge is 0.363 e. The lowest BCUT2D eigenvalue weighted by molar-refractivity contribution is -0.141. The minimum atomic E-state index is -4.59. The molecule has 0 aliphatic carbocycles. The Labute approximate surface area is 127 Å². The summed E-state index contributed by atoms with van der Waals surface area (Å²) in [4.78, 5) is 20.4. The summed E-state index contributed by atoms with van der Waals surface area (Å²) in [5.41, 5.74) is -1.49. The summed E-state index contributed by atoms with van der Waals surface area (Å²) in [6, 6.07) is 0.848. The Bertz CT molecular complexity index is 537. The molecular weight excluding hydrogens is 299 g/mol. The number of aromatic nitrogens is 2. The summed E-state index contributed by atoms with van der Waals surface area (Å²) in [6.07, 6.45) is -4.59. The van der Waals surface area contributed by atoms with E-state index < -0.39 is 17.4 Å². The first kappa shape index (κ1) is 18.0. The van der Waals surface area contributed by atoms with Crippen LogP contribution in [0.15, 0.2) is 6.07 Å². The van der Waals surface area contributed by atoms with E-state index in [2.05, 4.69) is 20.6 Å². The molecule has 0 fully saturated rings. The van der Waals surface area contributed by atoms with E-state index in [1.165, 1.54) is 4.90 Å². The fourth-order valence-corrected chi connectivity index (χ4v) is 1.51. The van der Waals surface area contributed by atoms with Gasteiger partial charge in [-0.3, -0.25) is 4.79 Å². The predicted octanol–water partition coefficient (Wildman–Crippen LogP) is 1.89. The summed E-state index contributed by atoms with van der Waals surface area (Å²) in [5, 5.41) is 5.20. The molecule has 0 unspecified atom stereocenters. The predicted molar refractivity (Wildman–Crippen MR) is 77.7 cm³/mol. The van der Waals surface area contributed by atoms with Crippen LogP contribution in [-0.4, -0.2) is 42.1 Å².